The molecule has 0 fully saturated rings. The third-order valence-electron chi connectivity index (χ3n) is 2.06. The molecule has 0 unspecified atom stereocenters. The van der Waals surface area contributed by atoms with Gasteiger partial charge in [0.2, 0.25) is 0 Å². The van der Waals surface area contributed by atoms with E-state index in [9.17, 15) is 9.59 Å². The first-order valence-electron chi connectivity index (χ1n) is 7.75. The fourth-order valence-electron chi connectivity index (χ4n) is 1.19. The van der Waals surface area contributed by atoms with Crippen LogP contribution >= 0.6 is 0 Å². The average molecular weight is 521 g/mol. The van der Waals surface area contributed by atoms with Gasteiger partial charge >= 0.3 is 11.9 Å². The molecule has 1 N–H and O–H groups in total. The SMILES string of the molecule is CC(C)(C)CC(=O)O.COC(=O)C(C)(C)C.COCC(C)(C)C.[Re]. The first kappa shape index (κ1) is 31.3. The first-order chi connectivity index (χ1) is 9.96. The van der Waals surface area contributed by atoms with Crippen molar-refractivity contribution in [3.05, 3.63) is 0 Å². The van der Waals surface area contributed by atoms with Gasteiger partial charge in [0, 0.05) is 27.5 Å². The molecular formula is C18H38O5Re. The summed E-state index contributed by atoms with van der Waals surface area (Å²) in [6.45, 7) is 18.5. The molecule has 0 aliphatic carbocycles. The van der Waals surface area contributed by atoms with Crippen molar-refractivity contribution < 1.29 is 44.6 Å². The maximum Gasteiger partial charge on any atom is 0.310 e. The maximum absolute atomic E-state index is 10.6. The number of esters is 1. The summed E-state index contributed by atoms with van der Waals surface area (Å²) in [5, 5.41) is 8.25. The van der Waals surface area contributed by atoms with E-state index in [1.807, 2.05) is 41.5 Å². The minimum atomic E-state index is -0.725. The van der Waals surface area contributed by atoms with Gasteiger partial charge in [0.15, 0.2) is 0 Å². The minimum Gasteiger partial charge on any atom is -0.481 e. The molecule has 5 nitrogen and oxygen atoms in total. The molecule has 0 aromatic heterocycles. The Hall–Kier alpha value is -0.438. The molecule has 0 saturated heterocycles. The van der Waals surface area contributed by atoms with Crippen LogP contribution in [0.15, 0.2) is 0 Å². The van der Waals surface area contributed by atoms with Gasteiger partial charge in [-0.2, -0.15) is 0 Å². The van der Waals surface area contributed by atoms with Gasteiger partial charge in [-0.05, 0) is 31.6 Å². The number of carboxylic acids is 1. The number of hydrogen-bond acceptors (Lipinski definition) is 4. The summed E-state index contributed by atoms with van der Waals surface area (Å²) in [5.74, 6) is -0.894. The van der Waals surface area contributed by atoms with E-state index >= 15 is 0 Å². The zero-order valence-corrected chi connectivity index (χ0v) is 20.1. The van der Waals surface area contributed by atoms with E-state index < -0.39 is 5.97 Å². The van der Waals surface area contributed by atoms with Crippen LogP contribution in [-0.2, 0) is 39.5 Å². The molecule has 6 heteroatoms. The average Bonchev–Trinajstić information content (AvgIpc) is 2.23. The number of rotatable bonds is 2. The zero-order chi connectivity index (χ0) is 19.5. The Kier molecular flexibility index (Phi) is 18.0. The van der Waals surface area contributed by atoms with Gasteiger partial charge in [-0.25, -0.2) is 0 Å². The Balaban J connectivity index is -0.000000123. The third kappa shape index (κ3) is 33.2. The van der Waals surface area contributed by atoms with E-state index in [-0.39, 0.29) is 43.6 Å². The van der Waals surface area contributed by atoms with E-state index in [2.05, 4.69) is 25.5 Å². The molecule has 1 radical (unpaired) electrons. The molecule has 147 valence electrons. The van der Waals surface area contributed by atoms with Crippen molar-refractivity contribution >= 4 is 11.9 Å². The Morgan fingerprint density at radius 2 is 1.21 bits per heavy atom. The molecule has 0 spiro atoms. The van der Waals surface area contributed by atoms with Crippen LogP contribution in [-0.4, -0.2) is 37.9 Å². The second-order valence-electron chi connectivity index (χ2n) is 8.87. The van der Waals surface area contributed by atoms with Crippen molar-refractivity contribution in [3.8, 4) is 0 Å². The molecule has 0 saturated carbocycles. The minimum absolute atomic E-state index is 0. The molecule has 0 atom stereocenters. The van der Waals surface area contributed by atoms with Crippen LogP contribution in [0.1, 0.15) is 68.7 Å². The van der Waals surface area contributed by atoms with E-state index in [0.29, 0.717) is 5.41 Å². The fraction of sp³-hybridized carbons (Fsp3) is 0.889. The summed E-state index contributed by atoms with van der Waals surface area (Å²) < 4.78 is 9.38. The van der Waals surface area contributed by atoms with Crippen LogP contribution in [0.25, 0.3) is 0 Å². The van der Waals surface area contributed by atoms with Crippen LogP contribution in [0, 0.1) is 16.2 Å². The van der Waals surface area contributed by atoms with Gasteiger partial charge in [0.05, 0.1) is 25.6 Å². The molecule has 0 rings (SSSR count). The number of hydrogen-bond donors (Lipinski definition) is 1. The maximum atomic E-state index is 10.6. The molecule has 24 heavy (non-hydrogen) atoms. The normalized spacial score (nSPS) is 11.0. The van der Waals surface area contributed by atoms with Crippen molar-refractivity contribution in [1.29, 1.82) is 0 Å². The van der Waals surface area contributed by atoms with Crippen molar-refractivity contribution in [1.82, 2.24) is 0 Å². The van der Waals surface area contributed by atoms with Gasteiger partial charge in [0.1, 0.15) is 0 Å². The van der Waals surface area contributed by atoms with E-state index in [0.717, 1.165) is 6.61 Å². The molecule has 0 aromatic rings. The molecule has 0 bridgehead atoms. The summed E-state index contributed by atoms with van der Waals surface area (Å²) in [5.41, 5.74) is -0.102. The van der Waals surface area contributed by atoms with Crippen molar-refractivity contribution in [2.75, 3.05) is 20.8 Å². The smallest absolute Gasteiger partial charge is 0.310 e. The van der Waals surface area contributed by atoms with Gasteiger partial charge < -0.3 is 14.6 Å². The number of carbonyl (C=O) groups is 2. The van der Waals surface area contributed by atoms with Gasteiger partial charge in [-0.1, -0.05) is 41.5 Å². The van der Waals surface area contributed by atoms with Crippen molar-refractivity contribution in [2.24, 2.45) is 16.2 Å². The number of carboxylic acid groups (broad SMARTS) is 1. The predicted octanol–water partition coefficient (Wildman–Crippen LogP) is 4.39. The summed E-state index contributed by atoms with van der Waals surface area (Å²) in [6.07, 6.45) is 0.243. The van der Waals surface area contributed by atoms with Crippen LogP contribution in [0.2, 0.25) is 0 Å². The topological polar surface area (TPSA) is 72.8 Å². The molecule has 0 amide bonds. The molecular weight excluding hydrogens is 482 g/mol. The predicted molar refractivity (Wildman–Crippen MR) is 94.5 cm³/mol. The fourth-order valence-corrected chi connectivity index (χ4v) is 1.19. The quantitative estimate of drug-likeness (QED) is 0.547. The van der Waals surface area contributed by atoms with Gasteiger partial charge in [0.25, 0.3) is 0 Å². The van der Waals surface area contributed by atoms with E-state index in [1.165, 1.54) is 7.11 Å². The standard InChI is InChI=1S/2C6H12O2.C6H14O.Re/c1-6(2,3)5(7)8-4;1-6(2,3)4-5(7)8;1-6(2,3)5-7-4;/h1-4H3;4H2,1-3H3,(H,7,8);5H2,1-4H3;. The van der Waals surface area contributed by atoms with Gasteiger partial charge in [-0.15, -0.1) is 0 Å². The Bertz CT molecular complexity index is 333. The molecule has 0 aliphatic rings. The number of aliphatic carboxylic acids is 1. The monoisotopic (exact) mass is 521 g/mol. The van der Waals surface area contributed by atoms with Gasteiger partial charge in [-0.3, -0.25) is 9.59 Å². The van der Waals surface area contributed by atoms with E-state index in [4.69, 9.17) is 9.84 Å². The van der Waals surface area contributed by atoms with Crippen LogP contribution in [0.3, 0.4) is 0 Å². The second kappa shape index (κ2) is 13.8. The second-order valence-corrected chi connectivity index (χ2v) is 8.87. The van der Waals surface area contributed by atoms with Crippen LogP contribution < -0.4 is 0 Å². The van der Waals surface area contributed by atoms with E-state index in [1.54, 1.807) is 7.11 Å². The Morgan fingerprint density at radius 3 is 1.21 bits per heavy atom. The Labute approximate surface area is 162 Å². The molecule has 0 aliphatic heterocycles. The zero-order valence-electron chi connectivity index (χ0n) is 17.4. The van der Waals surface area contributed by atoms with Crippen LogP contribution in [0.5, 0.6) is 0 Å². The third-order valence-corrected chi connectivity index (χ3v) is 2.06. The Morgan fingerprint density at radius 1 is 0.833 bits per heavy atom. The molecule has 0 aromatic carbocycles. The van der Waals surface area contributed by atoms with Crippen LogP contribution in [0.4, 0.5) is 0 Å². The summed E-state index contributed by atoms with van der Waals surface area (Å²) >= 11 is 0. The van der Waals surface area contributed by atoms with Crippen molar-refractivity contribution in [3.63, 3.8) is 0 Å². The summed E-state index contributed by atoms with van der Waals surface area (Å²) in [4.78, 5) is 20.6. The number of ether oxygens (including phenoxy) is 2. The largest absolute Gasteiger partial charge is 0.481 e. The summed E-state index contributed by atoms with van der Waals surface area (Å²) in [6, 6.07) is 0. The molecule has 0 heterocycles. The first-order valence-corrected chi connectivity index (χ1v) is 7.75. The van der Waals surface area contributed by atoms with Crippen molar-refractivity contribution in [2.45, 2.75) is 68.7 Å². The number of methoxy groups -OCH3 is 2. The number of carbonyl (C=O) groups excluding carboxylic acids is 1. The summed E-state index contributed by atoms with van der Waals surface area (Å²) in [7, 11) is 3.12.